The summed E-state index contributed by atoms with van der Waals surface area (Å²) in [4.78, 5) is 28.8. The van der Waals surface area contributed by atoms with Gasteiger partial charge in [-0.25, -0.2) is 4.98 Å². The van der Waals surface area contributed by atoms with Gasteiger partial charge in [-0.3, -0.25) is 9.59 Å². The molecule has 0 atom stereocenters. The van der Waals surface area contributed by atoms with E-state index in [1.807, 2.05) is 0 Å². The van der Waals surface area contributed by atoms with Gasteiger partial charge in [0.25, 0.3) is 5.91 Å². The molecule has 0 aliphatic heterocycles. The third-order valence-corrected chi connectivity index (χ3v) is 5.16. The third kappa shape index (κ3) is 4.23. The Morgan fingerprint density at radius 1 is 1.21 bits per heavy atom. The normalized spacial score (nSPS) is 15.2. The van der Waals surface area contributed by atoms with E-state index < -0.39 is 0 Å². The van der Waals surface area contributed by atoms with Crippen LogP contribution in [0, 0.1) is 5.92 Å². The van der Waals surface area contributed by atoms with E-state index in [2.05, 4.69) is 15.6 Å². The second kappa shape index (κ2) is 8.10. The average Bonchev–Trinajstić information content (AvgIpc) is 3.30. The summed E-state index contributed by atoms with van der Waals surface area (Å²) in [6, 6.07) is 3.59. The van der Waals surface area contributed by atoms with E-state index in [0.717, 1.165) is 25.7 Å². The fourth-order valence-electron chi connectivity index (χ4n) is 2.85. The van der Waals surface area contributed by atoms with Gasteiger partial charge in [-0.2, -0.15) is 0 Å². The van der Waals surface area contributed by atoms with Gasteiger partial charge in [0.05, 0.1) is 12.5 Å². The maximum atomic E-state index is 12.1. The Balaban J connectivity index is 1.40. The fraction of sp³-hybridized carbons (Fsp3) is 0.471. The van der Waals surface area contributed by atoms with Gasteiger partial charge in [0.2, 0.25) is 5.91 Å². The summed E-state index contributed by atoms with van der Waals surface area (Å²) in [7, 11) is 0. The Morgan fingerprint density at radius 3 is 2.75 bits per heavy atom. The van der Waals surface area contributed by atoms with Crippen molar-refractivity contribution < 1.29 is 14.0 Å². The summed E-state index contributed by atoms with van der Waals surface area (Å²) >= 11 is 1.28. The Hall–Kier alpha value is -2.15. The quantitative estimate of drug-likeness (QED) is 0.787. The van der Waals surface area contributed by atoms with Crippen molar-refractivity contribution >= 4 is 23.2 Å². The number of carbonyl (C=O) groups excluding carboxylic acids is 2. The van der Waals surface area contributed by atoms with Crippen LogP contribution >= 0.6 is 11.3 Å². The molecule has 0 aromatic carbocycles. The number of furan rings is 1. The third-order valence-electron chi connectivity index (χ3n) is 4.15. The Morgan fingerprint density at radius 2 is 2.00 bits per heavy atom. The van der Waals surface area contributed by atoms with Gasteiger partial charge >= 0.3 is 0 Å². The van der Waals surface area contributed by atoms with Crippen molar-refractivity contribution in [1.82, 2.24) is 15.6 Å². The molecular formula is C17H21N3O3S. The summed E-state index contributed by atoms with van der Waals surface area (Å²) in [6.07, 6.45) is 8.58. The Labute approximate surface area is 144 Å². The summed E-state index contributed by atoms with van der Waals surface area (Å²) in [6.45, 7) is 0.857. The van der Waals surface area contributed by atoms with E-state index in [1.165, 1.54) is 17.8 Å². The lowest BCUT2D eigenvalue weighted by atomic mass is 9.89. The molecule has 6 nitrogen and oxygen atoms in total. The van der Waals surface area contributed by atoms with Crippen LogP contribution in [0.1, 0.15) is 41.8 Å². The van der Waals surface area contributed by atoms with E-state index in [9.17, 15) is 9.59 Å². The van der Waals surface area contributed by atoms with Gasteiger partial charge in [0.15, 0.2) is 10.8 Å². The van der Waals surface area contributed by atoms with Crippen molar-refractivity contribution in [3.05, 3.63) is 29.5 Å². The molecule has 2 aromatic rings. The Bertz CT molecular complexity index is 675. The smallest absolute Gasteiger partial charge is 0.263 e. The maximum Gasteiger partial charge on any atom is 0.263 e. The summed E-state index contributed by atoms with van der Waals surface area (Å²) in [5.74, 6) is 0.727. The first kappa shape index (κ1) is 16.7. The molecule has 0 bridgehead atoms. The van der Waals surface area contributed by atoms with Gasteiger partial charge < -0.3 is 15.1 Å². The second-order valence-electron chi connectivity index (χ2n) is 5.89. The zero-order valence-electron chi connectivity index (χ0n) is 13.4. The van der Waals surface area contributed by atoms with Crippen molar-refractivity contribution in [1.29, 1.82) is 0 Å². The first-order valence-corrected chi connectivity index (χ1v) is 9.11. The highest BCUT2D eigenvalue weighted by molar-refractivity contribution is 7.16. The van der Waals surface area contributed by atoms with Crippen LogP contribution in [-0.4, -0.2) is 29.9 Å². The molecule has 1 saturated carbocycles. The van der Waals surface area contributed by atoms with Crippen LogP contribution < -0.4 is 10.6 Å². The van der Waals surface area contributed by atoms with Crippen LogP contribution in [0.5, 0.6) is 0 Å². The number of nitrogens with zero attached hydrogens (tertiary/aromatic N) is 1. The van der Waals surface area contributed by atoms with E-state index in [0.29, 0.717) is 28.7 Å². The molecule has 0 spiro atoms. The van der Waals surface area contributed by atoms with Gasteiger partial charge in [0, 0.05) is 19.0 Å². The van der Waals surface area contributed by atoms with Gasteiger partial charge in [-0.05, 0) is 25.0 Å². The highest BCUT2D eigenvalue weighted by atomic mass is 32.1. The lowest BCUT2D eigenvalue weighted by Crippen LogP contribution is -2.38. The predicted molar refractivity (Wildman–Crippen MR) is 91.7 cm³/mol. The van der Waals surface area contributed by atoms with Crippen LogP contribution in [0.15, 0.2) is 29.0 Å². The molecule has 2 amide bonds. The topological polar surface area (TPSA) is 84.2 Å². The minimum absolute atomic E-state index is 0.113. The van der Waals surface area contributed by atoms with Crippen molar-refractivity contribution in [3.63, 3.8) is 0 Å². The first-order valence-electron chi connectivity index (χ1n) is 8.29. The molecule has 2 aromatic heterocycles. The summed E-state index contributed by atoms with van der Waals surface area (Å²) < 4.78 is 5.26. The molecule has 24 heavy (non-hydrogen) atoms. The van der Waals surface area contributed by atoms with Gasteiger partial charge in [0.1, 0.15) is 4.88 Å². The van der Waals surface area contributed by atoms with Crippen LogP contribution in [0.25, 0.3) is 10.8 Å². The number of carbonyl (C=O) groups is 2. The van der Waals surface area contributed by atoms with E-state index >= 15 is 0 Å². The lowest BCUT2D eigenvalue weighted by molar-refractivity contribution is -0.125. The van der Waals surface area contributed by atoms with E-state index in [1.54, 1.807) is 24.6 Å². The second-order valence-corrected chi connectivity index (χ2v) is 6.92. The largest absolute Gasteiger partial charge is 0.462 e. The van der Waals surface area contributed by atoms with Crippen molar-refractivity contribution in [3.8, 4) is 10.8 Å². The fourth-order valence-corrected chi connectivity index (χ4v) is 3.65. The number of thiazole rings is 1. The molecule has 0 radical (unpaired) electrons. The zero-order chi connectivity index (χ0) is 16.8. The van der Waals surface area contributed by atoms with Crippen LogP contribution in [0.4, 0.5) is 0 Å². The molecule has 0 saturated heterocycles. The number of hydrogen-bond acceptors (Lipinski definition) is 5. The Kier molecular flexibility index (Phi) is 5.63. The standard InChI is InChI=1S/C17H21N3O3S/c21-15(12-5-2-1-3-6-12)18-8-9-19-16(22)14-11-20-17(24-14)13-7-4-10-23-13/h4,7,10-12H,1-3,5-6,8-9H2,(H,18,21)(H,19,22). The molecule has 128 valence electrons. The molecule has 1 aliphatic carbocycles. The molecule has 2 N–H and O–H groups in total. The molecule has 1 aliphatic rings. The number of hydrogen-bond donors (Lipinski definition) is 2. The van der Waals surface area contributed by atoms with Gasteiger partial charge in [-0.1, -0.05) is 19.3 Å². The molecule has 0 unspecified atom stereocenters. The molecule has 7 heteroatoms. The van der Waals surface area contributed by atoms with Crippen molar-refractivity contribution in [2.75, 3.05) is 13.1 Å². The summed E-state index contributed by atoms with van der Waals surface area (Å²) in [5.41, 5.74) is 0. The molecule has 3 rings (SSSR count). The number of nitrogens with one attached hydrogen (secondary N) is 2. The maximum absolute atomic E-state index is 12.1. The molecule has 1 fully saturated rings. The van der Waals surface area contributed by atoms with E-state index in [4.69, 9.17) is 4.42 Å². The number of aromatic nitrogens is 1. The molecular weight excluding hydrogens is 326 g/mol. The van der Waals surface area contributed by atoms with E-state index in [-0.39, 0.29) is 17.7 Å². The first-order chi connectivity index (χ1) is 11.7. The summed E-state index contributed by atoms with van der Waals surface area (Å²) in [5, 5.41) is 6.38. The highest BCUT2D eigenvalue weighted by Crippen LogP contribution is 2.25. The lowest BCUT2D eigenvalue weighted by Gasteiger charge is -2.20. The monoisotopic (exact) mass is 347 g/mol. The van der Waals surface area contributed by atoms with Gasteiger partial charge in [-0.15, -0.1) is 11.3 Å². The zero-order valence-corrected chi connectivity index (χ0v) is 14.2. The SMILES string of the molecule is O=C(NCCNC(=O)C1CCCCC1)c1cnc(-c2ccco2)s1. The minimum atomic E-state index is -0.183. The van der Waals surface area contributed by atoms with Crippen LogP contribution in [0.3, 0.4) is 0 Å². The van der Waals surface area contributed by atoms with Crippen molar-refractivity contribution in [2.24, 2.45) is 5.92 Å². The molecule has 2 heterocycles. The van der Waals surface area contributed by atoms with Crippen LogP contribution in [0.2, 0.25) is 0 Å². The van der Waals surface area contributed by atoms with Crippen LogP contribution in [-0.2, 0) is 4.79 Å². The number of amides is 2. The number of rotatable bonds is 6. The predicted octanol–water partition coefficient (Wildman–Crippen LogP) is 2.83. The highest BCUT2D eigenvalue weighted by Gasteiger charge is 2.20. The minimum Gasteiger partial charge on any atom is -0.462 e. The van der Waals surface area contributed by atoms with Crippen molar-refractivity contribution in [2.45, 2.75) is 32.1 Å². The average molecular weight is 347 g/mol.